The van der Waals surface area contributed by atoms with Crippen LogP contribution in [0.1, 0.15) is 45.6 Å². The lowest BCUT2D eigenvalue weighted by atomic mass is 10.1. The topological polar surface area (TPSA) is 86.8 Å². The van der Waals surface area contributed by atoms with Gasteiger partial charge in [-0.15, -0.1) is 0 Å². The van der Waals surface area contributed by atoms with E-state index >= 15 is 0 Å². The van der Waals surface area contributed by atoms with E-state index in [1.807, 2.05) is 20.8 Å². The first-order chi connectivity index (χ1) is 16.1. The molecule has 0 bridgehead atoms. The van der Waals surface area contributed by atoms with Crippen LogP contribution in [0.4, 0.5) is 4.39 Å². The SMILES string of the molecule is CC[C@H](C(=O)NC(C)C)N(Cc1ccc(F)cc1)C(=O)CCCN(C)S(=O)(=O)c1ccccc1. The number of nitrogens with zero attached hydrogens (tertiary/aromatic N) is 2. The maximum atomic E-state index is 13.3. The molecule has 186 valence electrons. The summed E-state index contributed by atoms with van der Waals surface area (Å²) in [6.45, 7) is 5.83. The van der Waals surface area contributed by atoms with Crippen LogP contribution in [-0.4, -0.2) is 55.1 Å². The summed E-state index contributed by atoms with van der Waals surface area (Å²) in [5.74, 6) is -0.897. The van der Waals surface area contributed by atoms with Gasteiger partial charge in [-0.2, -0.15) is 0 Å². The molecule has 0 aliphatic rings. The Hall–Kier alpha value is -2.78. The molecule has 0 aliphatic heterocycles. The fourth-order valence-electron chi connectivity index (χ4n) is 3.58. The van der Waals surface area contributed by atoms with E-state index in [2.05, 4.69) is 5.32 Å². The zero-order valence-electron chi connectivity index (χ0n) is 20.2. The monoisotopic (exact) mass is 491 g/mol. The molecule has 0 radical (unpaired) electrons. The second-order valence-corrected chi connectivity index (χ2v) is 10.5. The smallest absolute Gasteiger partial charge is 0.243 e. The van der Waals surface area contributed by atoms with Crippen molar-refractivity contribution in [2.24, 2.45) is 0 Å². The van der Waals surface area contributed by atoms with Gasteiger partial charge in [0.25, 0.3) is 0 Å². The molecule has 0 spiro atoms. The summed E-state index contributed by atoms with van der Waals surface area (Å²) in [6, 6.07) is 13.1. The highest BCUT2D eigenvalue weighted by atomic mass is 32.2. The van der Waals surface area contributed by atoms with Gasteiger partial charge >= 0.3 is 0 Å². The van der Waals surface area contributed by atoms with Gasteiger partial charge in [-0.05, 0) is 56.5 Å². The first-order valence-electron chi connectivity index (χ1n) is 11.4. The van der Waals surface area contributed by atoms with E-state index < -0.39 is 16.1 Å². The predicted molar refractivity (Wildman–Crippen MR) is 130 cm³/mol. The zero-order valence-corrected chi connectivity index (χ0v) is 21.0. The molecule has 0 heterocycles. The van der Waals surface area contributed by atoms with Crippen molar-refractivity contribution in [3.05, 3.63) is 66.0 Å². The second kappa shape index (κ2) is 12.6. The van der Waals surface area contributed by atoms with Gasteiger partial charge in [0.15, 0.2) is 0 Å². The van der Waals surface area contributed by atoms with Crippen molar-refractivity contribution in [3.8, 4) is 0 Å². The molecular formula is C25H34FN3O4S. The molecule has 34 heavy (non-hydrogen) atoms. The second-order valence-electron chi connectivity index (χ2n) is 8.48. The molecule has 0 saturated carbocycles. The minimum Gasteiger partial charge on any atom is -0.352 e. The Kier molecular flexibility index (Phi) is 10.2. The van der Waals surface area contributed by atoms with E-state index in [1.165, 1.54) is 40.5 Å². The van der Waals surface area contributed by atoms with E-state index in [-0.39, 0.29) is 48.1 Å². The highest BCUT2D eigenvalue weighted by molar-refractivity contribution is 7.89. The molecule has 0 aromatic heterocycles. The Morgan fingerprint density at radius 1 is 1.03 bits per heavy atom. The summed E-state index contributed by atoms with van der Waals surface area (Å²) >= 11 is 0. The standard InChI is InChI=1S/C25H34FN3O4S/c1-5-23(25(31)27-19(2)3)29(18-20-13-15-21(26)16-14-20)24(30)12-9-17-28(4)34(32,33)22-10-7-6-8-11-22/h6-8,10-11,13-16,19,23H,5,9,12,17-18H2,1-4H3,(H,27,31)/t23-/m1/s1. The van der Waals surface area contributed by atoms with E-state index in [1.54, 1.807) is 30.3 Å². The average molecular weight is 492 g/mol. The molecule has 0 fully saturated rings. The van der Waals surface area contributed by atoms with Crippen LogP contribution < -0.4 is 5.32 Å². The number of hydrogen-bond donors (Lipinski definition) is 1. The van der Waals surface area contributed by atoms with Crippen molar-refractivity contribution < 1.29 is 22.4 Å². The van der Waals surface area contributed by atoms with Crippen LogP contribution in [0.3, 0.4) is 0 Å². The van der Waals surface area contributed by atoms with Gasteiger partial charge in [0.05, 0.1) is 4.90 Å². The van der Waals surface area contributed by atoms with Gasteiger partial charge < -0.3 is 10.2 Å². The molecule has 0 unspecified atom stereocenters. The van der Waals surface area contributed by atoms with E-state index in [4.69, 9.17) is 0 Å². The van der Waals surface area contributed by atoms with Crippen molar-refractivity contribution in [1.29, 1.82) is 0 Å². The third kappa shape index (κ3) is 7.63. The molecule has 7 nitrogen and oxygen atoms in total. The molecule has 2 rings (SSSR count). The number of halogens is 1. The molecule has 2 aromatic carbocycles. The number of rotatable bonds is 12. The molecule has 2 amide bonds. The fraction of sp³-hybridized carbons (Fsp3) is 0.440. The van der Waals surface area contributed by atoms with Crippen LogP contribution in [0.15, 0.2) is 59.5 Å². The summed E-state index contributed by atoms with van der Waals surface area (Å²) in [4.78, 5) is 27.7. The molecule has 0 aliphatic carbocycles. The number of carbonyl (C=O) groups is 2. The van der Waals surface area contributed by atoms with Crippen LogP contribution in [0, 0.1) is 5.82 Å². The van der Waals surface area contributed by atoms with Crippen LogP contribution in [-0.2, 0) is 26.2 Å². The van der Waals surface area contributed by atoms with Crippen LogP contribution in [0.2, 0.25) is 0 Å². The van der Waals surface area contributed by atoms with Crippen molar-refractivity contribution in [2.45, 2.75) is 63.6 Å². The van der Waals surface area contributed by atoms with Crippen LogP contribution in [0.5, 0.6) is 0 Å². The Labute approximate surface area is 202 Å². The van der Waals surface area contributed by atoms with Crippen molar-refractivity contribution in [3.63, 3.8) is 0 Å². The lowest BCUT2D eigenvalue weighted by Gasteiger charge is -2.31. The summed E-state index contributed by atoms with van der Waals surface area (Å²) < 4.78 is 40.0. The van der Waals surface area contributed by atoms with Gasteiger partial charge in [0, 0.05) is 32.6 Å². The first-order valence-corrected chi connectivity index (χ1v) is 12.9. The predicted octanol–water partition coefficient (Wildman–Crippen LogP) is 3.56. The lowest BCUT2D eigenvalue weighted by molar-refractivity contribution is -0.141. The quantitative estimate of drug-likeness (QED) is 0.492. The molecule has 1 atom stereocenters. The molecule has 2 aromatic rings. The summed E-state index contributed by atoms with van der Waals surface area (Å²) in [5, 5.41) is 2.86. The maximum Gasteiger partial charge on any atom is 0.243 e. The summed E-state index contributed by atoms with van der Waals surface area (Å²) in [7, 11) is -2.17. The fourth-order valence-corrected chi connectivity index (χ4v) is 4.81. The van der Waals surface area contributed by atoms with Gasteiger partial charge in [-0.1, -0.05) is 37.3 Å². The number of nitrogens with one attached hydrogen (secondary N) is 1. The van der Waals surface area contributed by atoms with Crippen molar-refractivity contribution in [1.82, 2.24) is 14.5 Å². The lowest BCUT2D eigenvalue weighted by Crippen LogP contribution is -2.50. The number of sulfonamides is 1. The Bertz CT molecular complexity index is 1040. The van der Waals surface area contributed by atoms with Gasteiger partial charge in [0.1, 0.15) is 11.9 Å². The average Bonchev–Trinajstić information content (AvgIpc) is 2.80. The zero-order chi connectivity index (χ0) is 25.3. The van der Waals surface area contributed by atoms with Crippen molar-refractivity contribution in [2.75, 3.05) is 13.6 Å². The maximum absolute atomic E-state index is 13.3. The molecule has 9 heteroatoms. The first kappa shape index (κ1) is 27.5. The number of benzene rings is 2. The Morgan fingerprint density at radius 3 is 2.21 bits per heavy atom. The van der Waals surface area contributed by atoms with E-state index in [9.17, 15) is 22.4 Å². The minimum absolute atomic E-state index is 0.0707. The van der Waals surface area contributed by atoms with Gasteiger partial charge in [-0.25, -0.2) is 17.1 Å². The largest absolute Gasteiger partial charge is 0.352 e. The molecular weight excluding hydrogens is 457 g/mol. The van der Waals surface area contributed by atoms with Gasteiger partial charge in [0.2, 0.25) is 21.8 Å². The molecule has 1 N–H and O–H groups in total. The number of hydrogen-bond acceptors (Lipinski definition) is 4. The van der Waals surface area contributed by atoms with Crippen LogP contribution >= 0.6 is 0 Å². The normalized spacial score (nSPS) is 12.6. The molecule has 0 saturated heterocycles. The highest BCUT2D eigenvalue weighted by Gasteiger charge is 2.29. The number of amides is 2. The van der Waals surface area contributed by atoms with Gasteiger partial charge in [-0.3, -0.25) is 9.59 Å². The van der Waals surface area contributed by atoms with Crippen LogP contribution in [0.25, 0.3) is 0 Å². The summed E-state index contributed by atoms with van der Waals surface area (Å²) in [6.07, 6.45) is 0.776. The van der Waals surface area contributed by atoms with E-state index in [0.29, 0.717) is 18.4 Å². The van der Waals surface area contributed by atoms with E-state index in [0.717, 1.165) is 0 Å². The Balaban J connectivity index is 2.12. The summed E-state index contributed by atoms with van der Waals surface area (Å²) in [5.41, 5.74) is 0.703. The Morgan fingerprint density at radius 2 is 1.65 bits per heavy atom. The third-order valence-corrected chi connectivity index (χ3v) is 7.27. The van der Waals surface area contributed by atoms with Crippen molar-refractivity contribution >= 4 is 21.8 Å². The highest BCUT2D eigenvalue weighted by Crippen LogP contribution is 2.17. The third-order valence-electron chi connectivity index (χ3n) is 5.40. The minimum atomic E-state index is -3.65. The number of carbonyl (C=O) groups excluding carboxylic acids is 2.